The van der Waals surface area contributed by atoms with Crippen LogP contribution in [0, 0.1) is 26.2 Å². The molecular weight excluding hydrogens is 1800 g/mol. The summed E-state index contributed by atoms with van der Waals surface area (Å²) >= 11 is 3.67. The standard InChI is InChI=1S/C32H55N4O.C31H40N3.C28H32N3S2.C27H42NO2.BrH.ClH/c1-5-6-7-8-9-10-11-12-13-14-15-16-17-18-27-36(2,3)28-26-35(32-33-24-19-25-34-32)29-30-20-22-31(37-4)23-21-30;1-24-22-25(2)33(30-18-12-10-16-27(24)30)20-14-8-6-4-5-7-9-15-21-34-26(3)23-29(32)28-17-11-13-19-31(28)34;1-4-31(3,5-2)19-20-32-28-21-27(29-25-13-9-10-14-26(25)30-28)22-15-17-24(18-16-22)33-23-11-7-6-8-12-23;1-26(2,3)22-27(4,5)24-13-15-25(16-14-24)30-20-19-29-18-17-28(6,7)21-23-11-9-8-10-12-23;;/h19-25H,5-18,26-29H2,1-4H3;10-13,16-19,22-23,32H,4-9,14-15,20-21H2,1-3H3;6-18H,4-5,19-21H2,1-3H3;8-16H,17-22H2,1-7H3;2*1H/q4*+1;;/p-1. The molecule has 0 bridgehead atoms. The number of hydrogen-bond acceptors (Lipinski definition) is 11. The van der Waals surface area contributed by atoms with Gasteiger partial charge >= 0.3 is 0 Å². The molecule has 0 atom stereocenters. The van der Waals surface area contributed by atoms with Crippen molar-refractivity contribution in [3.63, 3.8) is 0 Å². The van der Waals surface area contributed by atoms with Gasteiger partial charge in [-0.2, -0.15) is 9.13 Å². The van der Waals surface area contributed by atoms with Crippen LogP contribution in [0.2, 0.25) is 0 Å². The van der Waals surface area contributed by atoms with E-state index in [4.69, 9.17) is 29.9 Å². The van der Waals surface area contributed by atoms with Gasteiger partial charge in [0.2, 0.25) is 17.0 Å². The highest BCUT2D eigenvalue weighted by molar-refractivity contribution is 8.14. The molecule has 0 aliphatic carbocycles. The summed E-state index contributed by atoms with van der Waals surface area (Å²) in [5.41, 5.74) is 22.4. The average Bonchev–Trinajstić information content (AvgIpc) is 0.933. The Morgan fingerprint density at radius 1 is 0.471 bits per heavy atom. The third kappa shape index (κ3) is 41.5. The molecule has 14 nitrogen and oxygen atoms in total. The second-order valence-electron chi connectivity index (χ2n) is 40.6. The molecule has 12 rings (SSSR count). The lowest BCUT2D eigenvalue weighted by atomic mass is 9.72. The van der Waals surface area contributed by atoms with E-state index in [2.05, 4.69) is 330 Å². The minimum Gasteiger partial charge on any atom is -1.00 e. The molecule has 3 aromatic heterocycles. The number of rotatable bonds is 52. The van der Waals surface area contributed by atoms with Crippen molar-refractivity contribution in [2.24, 2.45) is 15.4 Å². The molecule has 0 unspecified atom stereocenters. The van der Waals surface area contributed by atoms with E-state index in [1.165, 1.54) is 219 Å². The summed E-state index contributed by atoms with van der Waals surface area (Å²) in [6.45, 7) is 38.6. The van der Waals surface area contributed by atoms with E-state index >= 15 is 0 Å². The molecule has 8 aromatic carbocycles. The first-order valence-corrected chi connectivity index (χ1v) is 52.7. The maximum atomic E-state index is 6.23. The summed E-state index contributed by atoms with van der Waals surface area (Å²) in [5.74, 6) is 3.67. The highest BCUT2D eigenvalue weighted by atomic mass is 79.9. The van der Waals surface area contributed by atoms with E-state index < -0.39 is 0 Å². The van der Waals surface area contributed by atoms with Crippen molar-refractivity contribution in [1.29, 1.82) is 0 Å². The number of pyridine rings is 2. The van der Waals surface area contributed by atoms with Gasteiger partial charge in [0, 0.05) is 103 Å². The Kier molecular flexibility index (Phi) is 51.5. The van der Waals surface area contributed by atoms with E-state index in [0.29, 0.717) is 18.6 Å². The predicted molar refractivity (Wildman–Crippen MR) is 575 cm³/mol. The molecule has 2 N–H and O–H groups in total. The Balaban J connectivity index is 0.000000246. The van der Waals surface area contributed by atoms with Crippen molar-refractivity contribution in [3.8, 4) is 11.5 Å². The number of benzene rings is 8. The molecule has 0 spiro atoms. The maximum Gasteiger partial charge on any atom is 0.225 e. The first-order valence-electron chi connectivity index (χ1n) is 50.9. The number of hydrogen-bond donors (Lipinski definition) is 1. The third-order valence-electron chi connectivity index (χ3n) is 26.4. The number of halogens is 2. The number of ether oxygens (including phenoxy) is 3. The fourth-order valence-electron chi connectivity index (χ4n) is 18.2. The third-order valence-corrected chi connectivity index (χ3v) is 28.4. The summed E-state index contributed by atoms with van der Waals surface area (Å²) in [5, 5.41) is 3.70. The van der Waals surface area contributed by atoms with Crippen molar-refractivity contribution in [2.45, 2.75) is 272 Å². The van der Waals surface area contributed by atoms with E-state index in [1.54, 1.807) is 18.9 Å². The number of likely N-dealkylation sites (N-methyl/N-ethyl adjacent to an activating group) is 2. The van der Waals surface area contributed by atoms with E-state index in [1.807, 2.05) is 54.5 Å². The molecule has 136 heavy (non-hydrogen) atoms. The molecule has 1 aliphatic heterocycles. The van der Waals surface area contributed by atoms with Crippen LogP contribution in [-0.4, -0.2) is 148 Å². The normalized spacial score (nSPS) is 12.2. The van der Waals surface area contributed by atoms with Crippen LogP contribution in [0.3, 0.4) is 0 Å². The number of unbranched alkanes of at least 4 members (excludes halogenated alkanes) is 20. The molecule has 738 valence electrons. The highest BCUT2D eigenvalue weighted by Gasteiger charge is 2.29. The smallest absolute Gasteiger partial charge is 0.225 e. The summed E-state index contributed by atoms with van der Waals surface area (Å²) in [4.78, 5) is 23.9. The quantitative estimate of drug-likeness (QED) is 0.0226. The Morgan fingerprint density at radius 2 is 0.971 bits per heavy atom. The Hall–Kier alpha value is -8.49. The lowest BCUT2D eigenvalue weighted by Gasteiger charge is -2.33. The number of nitrogen functional groups attached to an aromatic ring is 1. The number of thioether (sulfide) groups is 1. The van der Waals surface area contributed by atoms with Gasteiger partial charge in [-0.15, -0.1) is 11.8 Å². The van der Waals surface area contributed by atoms with Gasteiger partial charge in [-0.25, -0.2) is 15.0 Å². The molecular formula is C118H170BrClN11O3S2+3. The largest absolute Gasteiger partial charge is 1.00 e. The van der Waals surface area contributed by atoms with Crippen LogP contribution >= 0.6 is 23.5 Å². The van der Waals surface area contributed by atoms with Crippen LogP contribution in [0.1, 0.15) is 249 Å². The fraction of sp³-hybridized carbons (Fsp3) is 0.492. The second-order valence-corrected chi connectivity index (χ2v) is 42.9. The number of aryl methyl sites for hydroxylation is 5. The zero-order valence-corrected chi connectivity index (χ0v) is 90.4. The minimum absolute atomic E-state index is 0. The number of methoxy groups -OCH3 is 1. The van der Waals surface area contributed by atoms with Crippen molar-refractivity contribution < 1.29 is 66.2 Å². The molecule has 0 fully saturated rings. The first kappa shape index (κ1) is 114. The van der Waals surface area contributed by atoms with Crippen LogP contribution in [0.25, 0.3) is 21.8 Å². The number of nitrogens with two attached hydrogens (primary N) is 1. The summed E-state index contributed by atoms with van der Waals surface area (Å²) < 4.78 is 25.0. The number of aromatic nitrogens is 4. The number of fused-ring (bicyclic) bond motifs is 3. The van der Waals surface area contributed by atoms with Gasteiger partial charge in [0.25, 0.3) is 0 Å². The topological polar surface area (TPSA) is 115 Å². The van der Waals surface area contributed by atoms with Gasteiger partial charge in [-0.3, -0.25) is 4.99 Å². The molecule has 0 saturated carbocycles. The van der Waals surface area contributed by atoms with Gasteiger partial charge in [-0.1, -0.05) is 277 Å². The minimum atomic E-state index is 0. The van der Waals surface area contributed by atoms with Crippen molar-refractivity contribution in [1.82, 2.24) is 9.97 Å². The van der Waals surface area contributed by atoms with Crippen LogP contribution < -0.4 is 58.6 Å². The van der Waals surface area contributed by atoms with Crippen molar-refractivity contribution >= 4 is 79.1 Å². The van der Waals surface area contributed by atoms with Crippen molar-refractivity contribution in [2.75, 3.05) is 124 Å². The summed E-state index contributed by atoms with van der Waals surface area (Å²) in [7, 11) is 13.3. The van der Waals surface area contributed by atoms with Gasteiger partial charge < -0.3 is 67.7 Å². The van der Waals surface area contributed by atoms with Crippen LogP contribution in [0.15, 0.2) is 257 Å². The Bertz CT molecular complexity index is 5130. The lowest BCUT2D eigenvalue weighted by molar-refractivity contribution is -0.904. The van der Waals surface area contributed by atoms with Gasteiger partial charge in [0.1, 0.15) is 44.3 Å². The molecule has 1 aliphatic rings. The number of anilines is 2. The molecule has 18 heteroatoms. The van der Waals surface area contributed by atoms with Gasteiger partial charge in [0.05, 0.1) is 128 Å². The number of para-hydroxylation sites is 4. The number of aliphatic imine (C=N–C) groups is 2. The number of nitrogens with zero attached hydrogens (tertiary/aromatic N) is 10. The fourth-order valence-corrected chi connectivity index (χ4v) is 20.2. The molecule has 11 aromatic rings. The Labute approximate surface area is 848 Å². The molecule has 4 heterocycles. The average molecular weight is 1970 g/mol. The zero-order chi connectivity index (χ0) is 95.9. The van der Waals surface area contributed by atoms with Gasteiger partial charge in [0.15, 0.2) is 11.4 Å². The first-order chi connectivity index (χ1) is 64.6. The lowest BCUT2D eigenvalue weighted by Crippen LogP contribution is -3.00. The van der Waals surface area contributed by atoms with E-state index in [-0.39, 0.29) is 34.8 Å². The van der Waals surface area contributed by atoms with Crippen molar-refractivity contribution in [3.05, 3.63) is 276 Å². The monoisotopic (exact) mass is 1970 g/mol. The zero-order valence-electron chi connectivity index (χ0n) is 86.4. The SMILES string of the molecule is CC(C)(C)CC(C)(C)c1ccc(OCCOCC[N+](C)(C)Cc2ccccc2)cc1.CCCCCCCCCCCCCCCC[N+](C)(C)CCN(Cc1ccc(OC)cc1)c1ncccn1.CC[N+](C)(CC)CCSC1=Nc2ccccc2N=C(c2ccc(Sc3ccccc3)cc2)C1.Cc1cc(C)[n+](CCCCCCCCCC[n+]2c(C)cc(N)c3ccccc32)c2ccccc12.[Br-].[Cl-]. The van der Waals surface area contributed by atoms with E-state index in [0.717, 1.165) is 149 Å². The summed E-state index contributed by atoms with van der Waals surface area (Å²) in [6.07, 6.45) is 35.8. The van der Waals surface area contributed by atoms with Crippen LogP contribution in [0.4, 0.5) is 23.0 Å². The van der Waals surface area contributed by atoms with Crippen LogP contribution in [0.5, 0.6) is 11.5 Å². The maximum absolute atomic E-state index is 6.23. The molecule has 0 saturated heterocycles. The van der Waals surface area contributed by atoms with Crippen LogP contribution in [-0.2, 0) is 36.3 Å². The van der Waals surface area contributed by atoms with E-state index in [9.17, 15) is 0 Å². The molecule has 0 radical (unpaired) electrons. The number of quaternary nitrogens is 3. The Morgan fingerprint density at radius 3 is 1.54 bits per heavy atom. The molecule has 0 amide bonds. The second kappa shape index (κ2) is 61.2. The predicted octanol–water partition coefficient (Wildman–Crippen LogP) is 22.6. The summed E-state index contributed by atoms with van der Waals surface area (Å²) in [6, 6.07) is 78.6. The van der Waals surface area contributed by atoms with Gasteiger partial charge in [-0.05, 0) is 165 Å². The highest BCUT2D eigenvalue weighted by Crippen LogP contribution is 2.38.